The summed E-state index contributed by atoms with van der Waals surface area (Å²) in [5, 5.41) is 25.9. The molecule has 0 fully saturated rings. The maximum atomic E-state index is 10.2. The molecule has 0 saturated heterocycles. The lowest BCUT2D eigenvalue weighted by Crippen LogP contribution is -2.36. The molecule has 0 aliphatic rings. The van der Waals surface area contributed by atoms with Gasteiger partial charge in [-0.2, -0.15) is 30.7 Å². The summed E-state index contributed by atoms with van der Waals surface area (Å²) in [6, 6.07) is 2.21. The van der Waals surface area contributed by atoms with Gasteiger partial charge in [-0.25, -0.2) is 9.59 Å². The first-order valence-corrected chi connectivity index (χ1v) is 5.70. The van der Waals surface area contributed by atoms with E-state index in [1.54, 1.807) is 0 Å². The highest BCUT2D eigenvalue weighted by Gasteiger charge is 2.36. The minimum absolute atomic E-state index is 0.776. The monoisotopic (exact) mass is 274 g/mol. The van der Waals surface area contributed by atoms with Crippen LogP contribution in [0.1, 0.15) is 27.7 Å². The molecule has 8 heteroatoms. The predicted octanol–water partition coefficient (Wildman–Crippen LogP) is 1.45. The van der Waals surface area contributed by atoms with Crippen molar-refractivity contribution in [1.82, 2.24) is 0 Å². The van der Waals surface area contributed by atoms with Crippen LogP contribution in [0.2, 0.25) is 0 Å². The Labute approximate surface area is 116 Å². The summed E-state index contributed by atoms with van der Waals surface area (Å²) >= 11 is 0. The van der Waals surface area contributed by atoms with Crippen molar-refractivity contribution in [2.45, 2.75) is 50.9 Å². The Morgan fingerprint density at radius 2 is 1.15 bits per heavy atom. The maximum absolute atomic E-state index is 10.2. The molecule has 4 atom stereocenters. The summed E-state index contributed by atoms with van der Waals surface area (Å²) in [7, 11) is 0. The number of hydrogen-bond acceptors (Lipinski definition) is 8. The quantitative estimate of drug-likeness (QED) is 0.412. The first kappa shape index (κ1) is 17.3. The maximum Gasteiger partial charge on any atom is 0.235 e. The van der Waals surface area contributed by atoms with E-state index in [0.717, 1.165) is 0 Å². The second-order valence-electron chi connectivity index (χ2n) is 4.51. The Hall–Kier alpha value is -2.66. The molecule has 0 aliphatic heterocycles. The van der Waals surface area contributed by atoms with Gasteiger partial charge < -0.3 is 0 Å². The third-order valence-corrected chi connectivity index (χ3v) is 3.04. The van der Waals surface area contributed by atoms with Gasteiger partial charge in [-0.15, -0.1) is 0 Å². The summed E-state index contributed by atoms with van der Waals surface area (Å²) in [4.78, 5) is 27.3. The van der Waals surface area contributed by atoms with Gasteiger partial charge in [0.05, 0.1) is 24.2 Å². The molecule has 0 aliphatic carbocycles. The fourth-order valence-electron chi connectivity index (χ4n) is 1.02. The van der Waals surface area contributed by atoms with E-state index in [0.29, 0.717) is 0 Å². The smallest absolute Gasteiger partial charge is 0.211 e. The minimum Gasteiger partial charge on any atom is -0.211 e. The largest absolute Gasteiger partial charge is 0.235 e. The molecular weight excluding hydrogens is 260 g/mol. The Bertz CT molecular complexity index is 511. The fourth-order valence-corrected chi connectivity index (χ4v) is 1.02. The molecule has 0 spiro atoms. The fraction of sp³-hybridized carbons (Fsp3) is 0.667. The van der Waals surface area contributed by atoms with E-state index in [2.05, 4.69) is 20.2 Å². The minimum atomic E-state index is -1.42. The van der Waals surface area contributed by atoms with Crippen molar-refractivity contribution >= 4 is 12.2 Å². The molecule has 0 bridgehead atoms. The van der Waals surface area contributed by atoms with Gasteiger partial charge in [0.25, 0.3) is 0 Å². The SMILES string of the molecule is CC(N=C=O)C(C)(C#N)N=NC(C)(C#N)C(C)N=C=O. The molecule has 20 heavy (non-hydrogen) atoms. The number of isocyanates is 2. The number of rotatable bonds is 6. The molecule has 0 rings (SSSR count). The number of aliphatic imine (C=N–C) groups is 2. The summed E-state index contributed by atoms with van der Waals surface area (Å²) in [5.41, 5.74) is -2.83. The predicted molar refractivity (Wildman–Crippen MR) is 68.1 cm³/mol. The van der Waals surface area contributed by atoms with Gasteiger partial charge in [0.1, 0.15) is 0 Å². The number of nitriles is 2. The van der Waals surface area contributed by atoms with E-state index in [-0.39, 0.29) is 0 Å². The van der Waals surface area contributed by atoms with E-state index in [4.69, 9.17) is 10.5 Å². The highest BCUT2D eigenvalue weighted by molar-refractivity contribution is 5.35. The van der Waals surface area contributed by atoms with Crippen LogP contribution < -0.4 is 0 Å². The van der Waals surface area contributed by atoms with Crippen molar-refractivity contribution in [2.24, 2.45) is 20.2 Å². The van der Waals surface area contributed by atoms with E-state index >= 15 is 0 Å². The Kier molecular flexibility index (Phi) is 6.12. The molecule has 104 valence electrons. The number of azo groups is 1. The van der Waals surface area contributed by atoms with E-state index in [1.807, 2.05) is 12.1 Å². The standard InChI is InChI=1S/C12H14N6O2/c1-9(15-7-19)11(3,5-13)17-18-12(4,6-14)10(2)16-8-20/h9-10H,1-4H3. The molecular formula is C12H14N6O2. The number of carbonyl (C=O) groups excluding carboxylic acids is 2. The topological polar surface area (TPSA) is 131 Å². The molecule has 4 unspecified atom stereocenters. The van der Waals surface area contributed by atoms with Crippen molar-refractivity contribution < 1.29 is 9.59 Å². The van der Waals surface area contributed by atoms with Crippen LogP contribution in [0.3, 0.4) is 0 Å². The second-order valence-corrected chi connectivity index (χ2v) is 4.51. The number of nitrogens with zero attached hydrogens (tertiary/aromatic N) is 6. The Morgan fingerprint density at radius 1 is 0.850 bits per heavy atom. The third kappa shape index (κ3) is 3.93. The Morgan fingerprint density at radius 3 is 1.35 bits per heavy atom. The zero-order valence-corrected chi connectivity index (χ0v) is 11.7. The average molecular weight is 274 g/mol. The van der Waals surface area contributed by atoms with Crippen molar-refractivity contribution in [3.05, 3.63) is 0 Å². The summed E-state index contributed by atoms with van der Waals surface area (Å²) in [6.45, 7) is 5.86. The molecule has 0 aromatic carbocycles. The zero-order chi connectivity index (χ0) is 15.8. The Balaban J connectivity index is 5.54. The highest BCUT2D eigenvalue weighted by Crippen LogP contribution is 2.23. The van der Waals surface area contributed by atoms with E-state index in [9.17, 15) is 9.59 Å². The lowest BCUT2D eigenvalue weighted by atomic mass is 9.96. The molecule has 8 nitrogen and oxygen atoms in total. The average Bonchev–Trinajstić information content (AvgIpc) is 2.44. The lowest BCUT2D eigenvalue weighted by molar-refractivity contribution is 0.412. The molecule has 0 radical (unpaired) electrons. The molecule has 0 aromatic heterocycles. The molecule has 0 N–H and O–H groups in total. The van der Waals surface area contributed by atoms with Gasteiger partial charge in [0, 0.05) is 0 Å². The van der Waals surface area contributed by atoms with Crippen LogP contribution in [0.5, 0.6) is 0 Å². The molecule has 0 heterocycles. The first-order chi connectivity index (χ1) is 9.29. The van der Waals surface area contributed by atoms with Crippen LogP contribution in [0.4, 0.5) is 0 Å². The summed E-state index contributed by atoms with van der Waals surface area (Å²) in [5.74, 6) is 0. The second kappa shape index (κ2) is 7.06. The molecule has 0 amide bonds. The first-order valence-electron chi connectivity index (χ1n) is 5.70. The van der Waals surface area contributed by atoms with E-state index in [1.165, 1.54) is 39.9 Å². The van der Waals surface area contributed by atoms with Crippen molar-refractivity contribution in [3.8, 4) is 12.1 Å². The molecule has 0 aromatic rings. The van der Waals surface area contributed by atoms with Gasteiger partial charge >= 0.3 is 0 Å². The normalized spacial score (nSPS) is 19.1. The van der Waals surface area contributed by atoms with Crippen LogP contribution in [-0.2, 0) is 9.59 Å². The van der Waals surface area contributed by atoms with Gasteiger partial charge in [-0.3, -0.25) is 0 Å². The van der Waals surface area contributed by atoms with Crippen molar-refractivity contribution in [3.63, 3.8) is 0 Å². The van der Waals surface area contributed by atoms with Crippen LogP contribution in [0.15, 0.2) is 20.2 Å². The van der Waals surface area contributed by atoms with Crippen LogP contribution in [-0.4, -0.2) is 35.3 Å². The van der Waals surface area contributed by atoms with E-state index < -0.39 is 23.2 Å². The molecule has 0 saturated carbocycles. The van der Waals surface area contributed by atoms with Gasteiger partial charge in [0.2, 0.25) is 12.2 Å². The van der Waals surface area contributed by atoms with Crippen LogP contribution in [0.25, 0.3) is 0 Å². The van der Waals surface area contributed by atoms with Gasteiger partial charge in [-0.1, -0.05) is 0 Å². The van der Waals surface area contributed by atoms with Gasteiger partial charge in [-0.05, 0) is 27.7 Å². The van der Waals surface area contributed by atoms with Crippen LogP contribution in [0, 0.1) is 22.7 Å². The lowest BCUT2D eigenvalue weighted by Gasteiger charge is -2.23. The van der Waals surface area contributed by atoms with Crippen LogP contribution >= 0.6 is 0 Å². The van der Waals surface area contributed by atoms with Crippen molar-refractivity contribution in [2.75, 3.05) is 0 Å². The highest BCUT2D eigenvalue weighted by atomic mass is 16.1. The summed E-state index contributed by atoms with van der Waals surface area (Å²) in [6.07, 6.45) is 2.70. The van der Waals surface area contributed by atoms with Crippen molar-refractivity contribution in [1.29, 1.82) is 10.5 Å². The third-order valence-electron chi connectivity index (χ3n) is 3.04. The summed E-state index contributed by atoms with van der Waals surface area (Å²) < 4.78 is 0. The van der Waals surface area contributed by atoms with Gasteiger partial charge in [0.15, 0.2) is 11.1 Å². The number of hydrogen-bond donors (Lipinski definition) is 0. The zero-order valence-electron chi connectivity index (χ0n) is 11.7.